The van der Waals surface area contributed by atoms with Crippen LogP contribution in [0.3, 0.4) is 0 Å². The zero-order valence-electron chi connectivity index (χ0n) is 12.3. The number of carbonyl (C=O) groups is 1. The molecule has 1 aromatic heterocycles. The lowest BCUT2D eigenvalue weighted by molar-refractivity contribution is 0.0934. The predicted octanol–water partition coefficient (Wildman–Crippen LogP) is 3.89. The number of rotatable bonds is 4. The van der Waals surface area contributed by atoms with Crippen molar-refractivity contribution in [3.63, 3.8) is 0 Å². The molecule has 0 bridgehead atoms. The van der Waals surface area contributed by atoms with Gasteiger partial charge in [0, 0.05) is 11.6 Å². The maximum Gasteiger partial charge on any atom is 0.263 e. The summed E-state index contributed by atoms with van der Waals surface area (Å²) in [5.74, 6) is 0.393. The molecule has 0 saturated carbocycles. The Bertz CT molecular complexity index is 590. The third-order valence-corrected chi connectivity index (χ3v) is 4.59. The molecule has 1 atom stereocenters. The molecule has 106 valence electrons. The van der Waals surface area contributed by atoms with E-state index in [2.05, 4.69) is 24.1 Å². The SMILES string of the molecule is Cc1nc(-c2ccccc2)sc1C(=O)NC(C)C(C)C. The highest BCUT2D eigenvalue weighted by Gasteiger charge is 2.18. The average Bonchev–Trinajstić information content (AvgIpc) is 2.81. The number of aryl methyl sites for hydroxylation is 1. The Hall–Kier alpha value is -1.68. The first-order chi connectivity index (χ1) is 9.49. The molecule has 2 aromatic rings. The molecule has 0 aliphatic carbocycles. The van der Waals surface area contributed by atoms with Crippen LogP contribution >= 0.6 is 11.3 Å². The lowest BCUT2D eigenvalue weighted by Crippen LogP contribution is -2.35. The summed E-state index contributed by atoms with van der Waals surface area (Å²) in [5.41, 5.74) is 1.85. The van der Waals surface area contributed by atoms with Crippen molar-refractivity contribution in [2.24, 2.45) is 5.92 Å². The van der Waals surface area contributed by atoms with E-state index in [0.717, 1.165) is 16.3 Å². The van der Waals surface area contributed by atoms with Crippen LogP contribution in [0.2, 0.25) is 0 Å². The highest BCUT2D eigenvalue weighted by molar-refractivity contribution is 7.17. The monoisotopic (exact) mass is 288 g/mol. The van der Waals surface area contributed by atoms with E-state index in [1.54, 1.807) is 0 Å². The normalized spacial score (nSPS) is 12.4. The summed E-state index contributed by atoms with van der Waals surface area (Å²) in [7, 11) is 0. The largest absolute Gasteiger partial charge is 0.349 e. The molecule has 0 fully saturated rings. The van der Waals surface area contributed by atoms with Crippen molar-refractivity contribution in [3.8, 4) is 10.6 Å². The number of carbonyl (C=O) groups excluding carboxylic acids is 1. The van der Waals surface area contributed by atoms with Crippen LogP contribution in [-0.2, 0) is 0 Å². The zero-order chi connectivity index (χ0) is 14.7. The van der Waals surface area contributed by atoms with Crippen LogP contribution in [0.25, 0.3) is 10.6 Å². The van der Waals surface area contributed by atoms with Crippen molar-refractivity contribution in [3.05, 3.63) is 40.9 Å². The molecule has 0 radical (unpaired) electrons. The van der Waals surface area contributed by atoms with Crippen molar-refractivity contribution >= 4 is 17.2 Å². The topological polar surface area (TPSA) is 42.0 Å². The molecule has 0 aliphatic rings. The molecule has 1 amide bonds. The summed E-state index contributed by atoms with van der Waals surface area (Å²) in [6.07, 6.45) is 0. The van der Waals surface area contributed by atoms with E-state index in [4.69, 9.17) is 0 Å². The van der Waals surface area contributed by atoms with E-state index >= 15 is 0 Å². The number of hydrogen-bond acceptors (Lipinski definition) is 3. The first-order valence-corrected chi connectivity index (χ1v) is 7.64. The van der Waals surface area contributed by atoms with Gasteiger partial charge in [-0.25, -0.2) is 4.98 Å². The van der Waals surface area contributed by atoms with Gasteiger partial charge in [-0.2, -0.15) is 0 Å². The molecule has 4 heteroatoms. The molecule has 2 rings (SSSR count). The number of aromatic nitrogens is 1. The Morgan fingerprint density at radius 1 is 1.20 bits per heavy atom. The van der Waals surface area contributed by atoms with E-state index < -0.39 is 0 Å². The average molecular weight is 288 g/mol. The van der Waals surface area contributed by atoms with E-state index in [1.807, 2.05) is 44.2 Å². The minimum atomic E-state index is -0.0246. The van der Waals surface area contributed by atoms with E-state index in [1.165, 1.54) is 11.3 Å². The molecule has 20 heavy (non-hydrogen) atoms. The lowest BCUT2D eigenvalue weighted by atomic mass is 10.1. The number of amides is 1. The molecule has 3 nitrogen and oxygen atoms in total. The molecule has 1 aromatic carbocycles. The third-order valence-electron chi connectivity index (χ3n) is 3.38. The fourth-order valence-corrected chi connectivity index (χ4v) is 2.73. The van der Waals surface area contributed by atoms with Crippen LogP contribution in [0.4, 0.5) is 0 Å². The number of hydrogen-bond donors (Lipinski definition) is 1. The molecule has 1 heterocycles. The number of thiazole rings is 1. The summed E-state index contributed by atoms with van der Waals surface area (Å²) in [6.45, 7) is 8.11. The quantitative estimate of drug-likeness (QED) is 0.927. The highest BCUT2D eigenvalue weighted by atomic mass is 32.1. The van der Waals surface area contributed by atoms with Crippen molar-refractivity contribution in [2.45, 2.75) is 33.7 Å². The molecule has 0 saturated heterocycles. The second-order valence-corrected chi connectivity index (χ2v) is 6.30. The van der Waals surface area contributed by atoms with Gasteiger partial charge in [-0.1, -0.05) is 44.2 Å². The second kappa shape index (κ2) is 6.18. The molecular weight excluding hydrogens is 268 g/mol. The van der Waals surface area contributed by atoms with Crippen LogP contribution < -0.4 is 5.32 Å². The maximum absolute atomic E-state index is 12.3. The fraction of sp³-hybridized carbons (Fsp3) is 0.375. The number of nitrogens with one attached hydrogen (secondary N) is 1. The van der Waals surface area contributed by atoms with Gasteiger partial charge in [0.2, 0.25) is 0 Å². The van der Waals surface area contributed by atoms with Gasteiger partial charge in [0.25, 0.3) is 5.91 Å². The Labute approximate surface area is 124 Å². The van der Waals surface area contributed by atoms with Crippen molar-refractivity contribution < 1.29 is 4.79 Å². The van der Waals surface area contributed by atoms with Crippen LogP contribution in [0, 0.1) is 12.8 Å². The van der Waals surface area contributed by atoms with Gasteiger partial charge in [-0.15, -0.1) is 11.3 Å². The first kappa shape index (κ1) is 14.7. The molecular formula is C16H20N2OS. The Morgan fingerprint density at radius 3 is 2.45 bits per heavy atom. The Morgan fingerprint density at radius 2 is 1.85 bits per heavy atom. The smallest absolute Gasteiger partial charge is 0.263 e. The number of benzene rings is 1. The first-order valence-electron chi connectivity index (χ1n) is 6.82. The molecule has 0 aliphatic heterocycles. The lowest BCUT2D eigenvalue weighted by Gasteiger charge is -2.16. The van der Waals surface area contributed by atoms with E-state index in [-0.39, 0.29) is 11.9 Å². The zero-order valence-corrected chi connectivity index (χ0v) is 13.1. The summed E-state index contributed by atoms with van der Waals surface area (Å²) < 4.78 is 0. The molecule has 1 unspecified atom stereocenters. The second-order valence-electron chi connectivity index (χ2n) is 5.31. The predicted molar refractivity (Wildman–Crippen MR) is 84.1 cm³/mol. The standard InChI is InChI=1S/C16H20N2OS/c1-10(2)11(3)17-15(19)14-12(4)18-16(20-14)13-8-6-5-7-9-13/h5-11H,1-4H3,(H,17,19). The molecule has 0 spiro atoms. The summed E-state index contributed by atoms with van der Waals surface area (Å²) in [4.78, 5) is 17.5. The van der Waals surface area contributed by atoms with Crippen molar-refractivity contribution in [1.29, 1.82) is 0 Å². The van der Waals surface area contributed by atoms with Crippen LogP contribution in [0.1, 0.15) is 36.1 Å². The number of nitrogens with zero attached hydrogens (tertiary/aromatic N) is 1. The van der Waals surface area contributed by atoms with Gasteiger partial charge >= 0.3 is 0 Å². The molecule has 1 N–H and O–H groups in total. The summed E-state index contributed by atoms with van der Waals surface area (Å²) in [5, 5.41) is 3.93. The van der Waals surface area contributed by atoms with E-state index in [9.17, 15) is 4.79 Å². The highest BCUT2D eigenvalue weighted by Crippen LogP contribution is 2.27. The van der Waals surface area contributed by atoms with Gasteiger partial charge in [-0.3, -0.25) is 4.79 Å². The third kappa shape index (κ3) is 3.25. The minimum Gasteiger partial charge on any atom is -0.349 e. The van der Waals surface area contributed by atoms with Crippen LogP contribution in [0.5, 0.6) is 0 Å². The Balaban J connectivity index is 2.22. The van der Waals surface area contributed by atoms with Gasteiger partial charge < -0.3 is 5.32 Å². The van der Waals surface area contributed by atoms with Gasteiger partial charge in [0.05, 0.1) is 5.69 Å². The van der Waals surface area contributed by atoms with Crippen LogP contribution in [-0.4, -0.2) is 16.9 Å². The van der Waals surface area contributed by atoms with Gasteiger partial charge in [-0.05, 0) is 19.8 Å². The van der Waals surface area contributed by atoms with Crippen molar-refractivity contribution in [2.75, 3.05) is 0 Å². The van der Waals surface area contributed by atoms with Crippen molar-refractivity contribution in [1.82, 2.24) is 10.3 Å². The maximum atomic E-state index is 12.3. The Kier molecular flexibility index (Phi) is 4.55. The van der Waals surface area contributed by atoms with Crippen LogP contribution in [0.15, 0.2) is 30.3 Å². The fourth-order valence-electron chi connectivity index (χ4n) is 1.75. The summed E-state index contributed by atoms with van der Waals surface area (Å²) in [6, 6.07) is 10.1. The van der Waals surface area contributed by atoms with Gasteiger partial charge in [0.15, 0.2) is 0 Å². The minimum absolute atomic E-state index is 0.0246. The summed E-state index contributed by atoms with van der Waals surface area (Å²) >= 11 is 1.45. The van der Waals surface area contributed by atoms with Gasteiger partial charge in [0.1, 0.15) is 9.88 Å². The van der Waals surface area contributed by atoms with E-state index in [0.29, 0.717) is 10.8 Å².